The van der Waals surface area contributed by atoms with Gasteiger partial charge in [0.2, 0.25) is 11.5 Å². The molecule has 0 aliphatic carbocycles. The van der Waals surface area contributed by atoms with Crippen molar-refractivity contribution in [1.82, 2.24) is 10.3 Å². The third kappa shape index (κ3) is 1.82. The van der Waals surface area contributed by atoms with Crippen LogP contribution in [0.5, 0.6) is 0 Å². The van der Waals surface area contributed by atoms with Crippen molar-refractivity contribution in [2.75, 3.05) is 13.2 Å². The lowest BCUT2D eigenvalue weighted by atomic mass is 10.1. The molecule has 0 spiro atoms. The van der Waals surface area contributed by atoms with E-state index in [0.29, 0.717) is 6.61 Å². The average molecular weight is 194 g/mol. The van der Waals surface area contributed by atoms with Crippen LogP contribution in [0.4, 0.5) is 0 Å². The molecule has 0 unspecified atom stereocenters. The van der Waals surface area contributed by atoms with Crippen LogP contribution in [-0.4, -0.2) is 24.1 Å². The Bertz CT molecular complexity index is 399. The van der Waals surface area contributed by atoms with Gasteiger partial charge in [-0.2, -0.15) is 0 Å². The molecule has 1 atom stereocenters. The van der Waals surface area contributed by atoms with Crippen molar-refractivity contribution >= 4 is 5.91 Å². The first kappa shape index (κ1) is 8.96. The van der Waals surface area contributed by atoms with E-state index in [0.717, 1.165) is 5.56 Å². The smallest absolute Gasteiger partial charge is 0.248 e. The number of aromatic amines is 1. The highest BCUT2D eigenvalue weighted by Gasteiger charge is 2.20. The van der Waals surface area contributed by atoms with Crippen LogP contribution >= 0.6 is 0 Å². The molecule has 2 rings (SSSR count). The van der Waals surface area contributed by atoms with Crippen LogP contribution in [0.15, 0.2) is 23.1 Å². The predicted octanol–water partition coefficient (Wildman–Crippen LogP) is -0.438. The summed E-state index contributed by atoms with van der Waals surface area (Å²) < 4.78 is 5.06. The molecule has 0 bridgehead atoms. The molecule has 2 heterocycles. The van der Waals surface area contributed by atoms with Gasteiger partial charge in [0.15, 0.2) is 0 Å². The zero-order valence-corrected chi connectivity index (χ0v) is 7.45. The number of pyridine rings is 1. The topological polar surface area (TPSA) is 71.2 Å². The molecule has 74 valence electrons. The second-order valence-corrected chi connectivity index (χ2v) is 3.12. The molecule has 1 aliphatic rings. The normalized spacial score (nSPS) is 21.7. The van der Waals surface area contributed by atoms with Gasteiger partial charge >= 0.3 is 0 Å². The molecule has 1 amide bonds. The quantitative estimate of drug-likeness (QED) is 0.636. The van der Waals surface area contributed by atoms with Crippen LogP contribution in [-0.2, 0) is 9.53 Å². The molecule has 1 aliphatic heterocycles. The fraction of sp³-hybridized carbons (Fsp3) is 0.333. The van der Waals surface area contributed by atoms with E-state index in [4.69, 9.17) is 4.74 Å². The summed E-state index contributed by atoms with van der Waals surface area (Å²) in [6.45, 7) is 0.509. The second-order valence-electron chi connectivity index (χ2n) is 3.12. The van der Waals surface area contributed by atoms with Crippen molar-refractivity contribution < 1.29 is 9.53 Å². The maximum absolute atomic E-state index is 11.0. The summed E-state index contributed by atoms with van der Waals surface area (Å²) in [6, 6.07) is 3.00. The zero-order chi connectivity index (χ0) is 9.97. The van der Waals surface area contributed by atoms with Gasteiger partial charge in [0.05, 0.1) is 12.6 Å². The van der Waals surface area contributed by atoms with Gasteiger partial charge in [-0.05, 0) is 11.6 Å². The minimum absolute atomic E-state index is 0.0969. The van der Waals surface area contributed by atoms with Gasteiger partial charge in [0.25, 0.3) is 0 Å². The molecule has 5 nitrogen and oxygen atoms in total. The van der Waals surface area contributed by atoms with Gasteiger partial charge in [0, 0.05) is 12.3 Å². The fourth-order valence-corrected chi connectivity index (χ4v) is 1.40. The second kappa shape index (κ2) is 3.63. The van der Waals surface area contributed by atoms with E-state index in [9.17, 15) is 9.59 Å². The summed E-state index contributed by atoms with van der Waals surface area (Å²) in [5, 5.41) is 2.74. The van der Waals surface area contributed by atoms with Crippen molar-refractivity contribution in [3.63, 3.8) is 0 Å². The van der Waals surface area contributed by atoms with Crippen molar-refractivity contribution in [3.05, 3.63) is 34.2 Å². The fourth-order valence-electron chi connectivity index (χ4n) is 1.40. The maximum atomic E-state index is 11.0. The van der Waals surface area contributed by atoms with Crippen LogP contribution in [0.2, 0.25) is 0 Å². The Morgan fingerprint density at radius 3 is 3.00 bits per heavy atom. The van der Waals surface area contributed by atoms with Gasteiger partial charge in [-0.3, -0.25) is 9.59 Å². The monoisotopic (exact) mass is 194 g/mol. The number of hydrogen-bond acceptors (Lipinski definition) is 3. The Hall–Kier alpha value is -1.62. The molecule has 1 fully saturated rings. The molecule has 1 aromatic heterocycles. The van der Waals surface area contributed by atoms with Gasteiger partial charge in [-0.15, -0.1) is 0 Å². The summed E-state index contributed by atoms with van der Waals surface area (Å²) in [4.78, 5) is 24.5. The summed E-state index contributed by atoms with van der Waals surface area (Å²) in [5.41, 5.74) is 0.587. The minimum atomic E-state index is -0.210. The molecule has 1 aromatic rings. The number of ether oxygens (including phenoxy) is 1. The van der Waals surface area contributed by atoms with E-state index < -0.39 is 0 Å². The standard InChI is InChI=1S/C9H10N2O3/c12-8-3-6(1-2-10-8)7-4-14-5-9(13)11-7/h1-3,7H,4-5H2,(H,10,12)(H,11,13)/t7-/m1/s1. The number of rotatable bonds is 1. The van der Waals surface area contributed by atoms with Gasteiger partial charge in [-0.25, -0.2) is 0 Å². The van der Waals surface area contributed by atoms with Crippen LogP contribution in [0.25, 0.3) is 0 Å². The molecule has 0 radical (unpaired) electrons. The molecule has 5 heteroatoms. The Balaban J connectivity index is 2.22. The molecule has 1 saturated heterocycles. The Morgan fingerprint density at radius 2 is 2.29 bits per heavy atom. The SMILES string of the molecule is O=C1COC[C@H](c2cc[nH]c(=O)c2)N1. The minimum Gasteiger partial charge on any atom is -0.369 e. The van der Waals surface area contributed by atoms with Gasteiger partial charge in [0.1, 0.15) is 6.61 Å². The highest BCUT2D eigenvalue weighted by Crippen LogP contribution is 2.13. The maximum Gasteiger partial charge on any atom is 0.248 e. The largest absolute Gasteiger partial charge is 0.369 e. The number of morpholine rings is 1. The lowest BCUT2D eigenvalue weighted by Gasteiger charge is -2.23. The summed E-state index contributed by atoms with van der Waals surface area (Å²) in [6.07, 6.45) is 1.55. The first-order valence-electron chi connectivity index (χ1n) is 4.31. The van der Waals surface area contributed by atoms with E-state index in [1.165, 1.54) is 6.07 Å². The molecule has 2 N–H and O–H groups in total. The van der Waals surface area contributed by atoms with Crippen molar-refractivity contribution in [2.45, 2.75) is 6.04 Å². The van der Waals surface area contributed by atoms with Crippen molar-refractivity contribution in [1.29, 1.82) is 0 Å². The number of amides is 1. The average Bonchev–Trinajstić information content (AvgIpc) is 2.18. The van der Waals surface area contributed by atoms with Gasteiger partial charge in [-0.1, -0.05) is 0 Å². The summed E-state index contributed by atoms with van der Waals surface area (Å²) in [5.74, 6) is -0.151. The van der Waals surface area contributed by atoms with E-state index in [-0.39, 0.29) is 24.1 Å². The highest BCUT2D eigenvalue weighted by atomic mass is 16.5. The Labute approximate surface area is 80.1 Å². The van der Waals surface area contributed by atoms with Crippen LogP contribution < -0.4 is 10.9 Å². The van der Waals surface area contributed by atoms with E-state index in [2.05, 4.69) is 10.3 Å². The first-order chi connectivity index (χ1) is 6.75. The number of H-pyrrole nitrogens is 1. The van der Waals surface area contributed by atoms with Crippen molar-refractivity contribution in [3.8, 4) is 0 Å². The molecule has 14 heavy (non-hydrogen) atoms. The van der Waals surface area contributed by atoms with E-state index in [1.807, 2.05) is 0 Å². The zero-order valence-electron chi connectivity index (χ0n) is 7.45. The number of hydrogen-bond donors (Lipinski definition) is 2. The third-order valence-electron chi connectivity index (χ3n) is 2.05. The predicted molar refractivity (Wildman–Crippen MR) is 48.8 cm³/mol. The number of carbonyl (C=O) groups excluding carboxylic acids is 1. The first-order valence-corrected chi connectivity index (χ1v) is 4.31. The molecular weight excluding hydrogens is 184 g/mol. The highest BCUT2D eigenvalue weighted by molar-refractivity contribution is 5.78. The number of aromatic nitrogens is 1. The Morgan fingerprint density at radius 1 is 1.43 bits per heavy atom. The van der Waals surface area contributed by atoms with Gasteiger partial charge < -0.3 is 15.0 Å². The summed E-state index contributed by atoms with van der Waals surface area (Å²) in [7, 11) is 0. The van der Waals surface area contributed by atoms with Crippen molar-refractivity contribution in [2.24, 2.45) is 0 Å². The third-order valence-corrected chi connectivity index (χ3v) is 2.05. The lowest BCUT2D eigenvalue weighted by molar-refractivity contribution is -0.131. The summed E-state index contributed by atoms with van der Waals surface area (Å²) >= 11 is 0. The van der Waals surface area contributed by atoms with E-state index in [1.54, 1.807) is 12.3 Å². The number of carbonyl (C=O) groups is 1. The Kier molecular flexibility index (Phi) is 2.32. The lowest BCUT2D eigenvalue weighted by Crippen LogP contribution is -2.40. The van der Waals surface area contributed by atoms with Crippen LogP contribution in [0.1, 0.15) is 11.6 Å². The molecular formula is C9H10N2O3. The molecule has 0 saturated carbocycles. The molecule has 0 aromatic carbocycles. The number of nitrogens with one attached hydrogen (secondary N) is 2. The van der Waals surface area contributed by atoms with Crippen LogP contribution in [0.3, 0.4) is 0 Å². The van der Waals surface area contributed by atoms with E-state index >= 15 is 0 Å². The van der Waals surface area contributed by atoms with Crippen LogP contribution in [0, 0.1) is 0 Å².